The van der Waals surface area contributed by atoms with Crippen molar-refractivity contribution in [1.29, 1.82) is 0 Å². The molecule has 3 aromatic rings. The molecule has 3 nitrogen and oxygen atoms in total. The third-order valence-electron chi connectivity index (χ3n) is 4.68. The second-order valence-electron chi connectivity index (χ2n) is 6.31. The summed E-state index contributed by atoms with van der Waals surface area (Å²) in [7, 11) is 0. The van der Waals surface area contributed by atoms with E-state index in [0.29, 0.717) is 23.2 Å². The minimum Gasteiger partial charge on any atom is -0.367 e. The molecule has 1 fully saturated rings. The number of nitrogens with zero attached hydrogens (tertiary/aromatic N) is 2. The van der Waals surface area contributed by atoms with Gasteiger partial charge in [-0.25, -0.2) is 13.8 Å². The Morgan fingerprint density at radius 2 is 1.71 bits per heavy atom. The van der Waals surface area contributed by atoms with E-state index in [2.05, 4.69) is 10.3 Å². The van der Waals surface area contributed by atoms with Crippen molar-refractivity contribution in [1.82, 2.24) is 9.38 Å². The summed E-state index contributed by atoms with van der Waals surface area (Å²) in [6.45, 7) is 0. The number of rotatable bonds is 3. The van der Waals surface area contributed by atoms with E-state index >= 15 is 0 Å². The molecule has 5 heteroatoms. The van der Waals surface area contributed by atoms with Gasteiger partial charge in [-0.2, -0.15) is 0 Å². The summed E-state index contributed by atoms with van der Waals surface area (Å²) in [6, 6.07) is 9.83. The maximum Gasteiger partial charge on any atom is 0.139 e. The highest BCUT2D eigenvalue weighted by Crippen LogP contribution is 2.34. The standard InChI is InChI=1S/C19H19F2N3/c20-14-9-6-10-15(21)17(14)18-19(22-13-7-2-1-3-8-13)24-12-5-4-11-16(24)23-18/h4-6,9-13,22H,1-3,7-8H2. The Balaban J connectivity index is 1.86. The molecular formula is C19H19F2N3. The van der Waals surface area contributed by atoms with E-state index in [1.54, 1.807) is 0 Å². The minimum atomic E-state index is -0.592. The number of nitrogens with one attached hydrogen (secondary N) is 1. The first-order valence-corrected chi connectivity index (χ1v) is 8.42. The van der Waals surface area contributed by atoms with Crippen LogP contribution in [0.15, 0.2) is 42.6 Å². The molecular weight excluding hydrogens is 308 g/mol. The summed E-state index contributed by atoms with van der Waals surface area (Å²) in [6.07, 6.45) is 7.62. The van der Waals surface area contributed by atoms with Crippen molar-refractivity contribution in [3.63, 3.8) is 0 Å². The third kappa shape index (κ3) is 2.64. The number of hydrogen-bond acceptors (Lipinski definition) is 2. The molecule has 0 spiro atoms. The second-order valence-corrected chi connectivity index (χ2v) is 6.31. The Labute approximate surface area is 139 Å². The first kappa shape index (κ1) is 15.1. The fraction of sp³-hybridized carbons (Fsp3) is 0.316. The van der Waals surface area contributed by atoms with Crippen LogP contribution in [0.25, 0.3) is 16.9 Å². The summed E-state index contributed by atoms with van der Waals surface area (Å²) < 4.78 is 30.5. The summed E-state index contributed by atoms with van der Waals surface area (Å²) >= 11 is 0. The topological polar surface area (TPSA) is 29.3 Å². The molecule has 0 amide bonds. The molecule has 0 unspecified atom stereocenters. The molecule has 0 radical (unpaired) electrons. The van der Waals surface area contributed by atoms with Crippen LogP contribution < -0.4 is 5.32 Å². The number of anilines is 1. The smallest absolute Gasteiger partial charge is 0.139 e. The molecule has 2 heterocycles. The lowest BCUT2D eigenvalue weighted by Gasteiger charge is -2.24. The molecule has 0 saturated heterocycles. The molecule has 0 aliphatic heterocycles. The highest BCUT2D eigenvalue weighted by atomic mass is 19.1. The van der Waals surface area contributed by atoms with Gasteiger partial charge < -0.3 is 5.32 Å². The predicted molar refractivity (Wildman–Crippen MR) is 91.0 cm³/mol. The van der Waals surface area contributed by atoms with Gasteiger partial charge in [0, 0.05) is 12.2 Å². The fourth-order valence-electron chi connectivity index (χ4n) is 3.47. The summed E-state index contributed by atoms with van der Waals surface area (Å²) in [4.78, 5) is 4.49. The Morgan fingerprint density at radius 1 is 0.958 bits per heavy atom. The number of halogens is 2. The molecule has 1 aromatic carbocycles. The first-order valence-electron chi connectivity index (χ1n) is 8.42. The van der Waals surface area contributed by atoms with Gasteiger partial charge in [0.2, 0.25) is 0 Å². The Kier molecular flexibility index (Phi) is 3.92. The van der Waals surface area contributed by atoms with Crippen LogP contribution in [0.1, 0.15) is 32.1 Å². The van der Waals surface area contributed by atoms with E-state index in [-0.39, 0.29) is 5.56 Å². The summed E-state index contributed by atoms with van der Waals surface area (Å²) in [5.41, 5.74) is 0.940. The maximum atomic E-state index is 14.3. The number of pyridine rings is 1. The fourth-order valence-corrected chi connectivity index (χ4v) is 3.47. The van der Waals surface area contributed by atoms with Crippen LogP contribution in [0.2, 0.25) is 0 Å². The lowest BCUT2D eigenvalue weighted by molar-refractivity contribution is 0.461. The first-order chi connectivity index (χ1) is 11.7. The van der Waals surface area contributed by atoms with Crippen LogP contribution in [-0.2, 0) is 0 Å². The highest BCUT2D eigenvalue weighted by Gasteiger charge is 2.23. The molecule has 0 atom stereocenters. The van der Waals surface area contributed by atoms with Gasteiger partial charge in [0.25, 0.3) is 0 Å². The SMILES string of the molecule is Fc1cccc(F)c1-c1nc2ccccn2c1NC1CCCCC1. The molecule has 0 bridgehead atoms. The largest absolute Gasteiger partial charge is 0.367 e. The third-order valence-corrected chi connectivity index (χ3v) is 4.68. The monoisotopic (exact) mass is 327 g/mol. The van der Waals surface area contributed by atoms with Gasteiger partial charge in [-0.1, -0.05) is 31.4 Å². The molecule has 2 aromatic heterocycles. The minimum absolute atomic E-state index is 0.0699. The Morgan fingerprint density at radius 3 is 2.46 bits per heavy atom. The summed E-state index contributed by atoms with van der Waals surface area (Å²) in [5.74, 6) is -0.517. The molecule has 4 rings (SSSR count). The molecule has 1 saturated carbocycles. The van der Waals surface area contributed by atoms with Crippen molar-refractivity contribution in [3.8, 4) is 11.3 Å². The molecule has 1 aliphatic carbocycles. The predicted octanol–water partition coefficient (Wildman–Crippen LogP) is 5.02. The van der Waals surface area contributed by atoms with Crippen molar-refractivity contribution in [2.24, 2.45) is 0 Å². The maximum absolute atomic E-state index is 14.3. The molecule has 24 heavy (non-hydrogen) atoms. The van der Waals surface area contributed by atoms with Crippen LogP contribution in [0.4, 0.5) is 14.6 Å². The van der Waals surface area contributed by atoms with E-state index < -0.39 is 11.6 Å². The zero-order valence-electron chi connectivity index (χ0n) is 13.3. The van der Waals surface area contributed by atoms with Crippen molar-refractivity contribution in [2.45, 2.75) is 38.1 Å². The molecule has 124 valence electrons. The van der Waals surface area contributed by atoms with E-state index in [4.69, 9.17) is 0 Å². The highest BCUT2D eigenvalue weighted by molar-refractivity contribution is 5.77. The lowest BCUT2D eigenvalue weighted by atomic mass is 9.95. The van der Waals surface area contributed by atoms with E-state index in [1.165, 1.54) is 37.5 Å². The van der Waals surface area contributed by atoms with E-state index in [9.17, 15) is 8.78 Å². The average molecular weight is 327 g/mol. The molecule has 1 N–H and O–H groups in total. The van der Waals surface area contributed by atoms with Crippen LogP contribution in [0.3, 0.4) is 0 Å². The van der Waals surface area contributed by atoms with Crippen molar-refractivity contribution >= 4 is 11.5 Å². The van der Waals surface area contributed by atoms with E-state index in [1.807, 2.05) is 28.8 Å². The van der Waals surface area contributed by atoms with Gasteiger partial charge in [-0.05, 0) is 37.1 Å². The van der Waals surface area contributed by atoms with Gasteiger partial charge in [0.1, 0.15) is 28.8 Å². The van der Waals surface area contributed by atoms with Crippen LogP contribution in [0, 0.1) is 11.6 Å². The number of benzene rings is 1. The van der Waals surface area contributed by atoms with Crippen LogP contribution in [-0.4, -0.2) is 15.4 Å². The average Bonchev–Trinajstić information content (AvgIpc) is 2.94. The summed E-state index contributed by atoms with van der Waals surface area (Å²) in [5, 5.41) is 3.49. The van der Waals surface area contributed by atoms with Gasteiger partial charge >= 0.3 is 0 Å². The lowest BCUT2D eigenvalue weighted by Crippen LogP contribution is -2.23. The number of fused-ring (bicyclic) bond motifs is 1. The van der Waals surface area contributed by atoms with Crippen molar-refractivity contribution < 1.29 is 8.78 Å². The van der Waals surface area contributed by atoms with Crippen molar-refractivity contribution in [3.05, 3.63) is 54.2 Å². The zero-order chi connectivity index (χ0) is 16.5. The van der Waals surface area contributed by atoms with Crippen LogP contribution >= 0.6 is 0 Å². The number of hydrogen-bond donors (Lipinski definition) is 1. The van der Waals surface area contributed by atoms with E-state index in [0.717, 1.165) is 12.8 Å². The second kappa shape index (κ2) is 6.23. The van der Waals surface area contributed by atoms with Gasteiger partial charge in [0.15, 0.2) is 0 Å². The number of aromatic nitrogens is 2. The van der Waals surface area contributed by atoms with Crippen molar-refractivity contribution in [2.75, 3.05) is 5.32 Å². The molecule has 1 aliphatic rings. The van der Waals surface area contributed by atoms with Gasteiger partial charge in [-0.3, -0.25) is 4.40 Å². The Bertz CT molecular complexity index is 846. The van der Waals surface area contributed by atoms with Gasteiger partial charge in [-0.15, -0.1) is 0 Å². The Hall–Kier alpha value is -2.43. The number of imidazole rings is 1. The zero-order valence-corrected chi connectivity index (χ0v) is 13.3. The van der Waals surface area contributed by atoms with Crippen LogP contribution in [0.5, 0.6) is 0 Å². The van der Waals surface area contributed by atoms with Gasteiger partial charge in [0.05, 0.1) is 5.56 Å². The normalized spacial score (nSPS) is 15.8. The quantitative estimate of drug-likeness (QED) is 0.731.